The fraction of sp³-hybridized carbons (Fsp3) is 1.00. The lowest BCUT2D eigenvalue weighted by atomic mass is 10.0. The van der Waals surface area contributed by atoms with Crippen LogP contribution in [0.15, 0.2) is 0 Å². The Labute approximate surface area is 64.4 Å². The van der Waals surface area contributed by atoms with E-state index >= 15 is 0 Å². The van der Waals surface area contributed by atoms with E-state index < -0.39 is 0 Å². The van der Waals surface area contributed by atoms with Gasteiger partial charge in [-0.05, 0) is 26.7 Å². The van der Waals surface area contributed by atoms with Crippen molar-refractivity contribution >= 4 is 0 Å². The largest absolute Gasteiger partial charge is 0.268 e. The van der Waals surface area contributed by atoms with Gasteiger partial charge in [-0.3, -0.25) is 5.84 Å². The second-order valence-corrected chi connectivity index (χ2v) is 3.36. The molecule has 0 aromatic rings. The van der Waals surface area contributed by atoms with Gasteiger partial charge in [-0.2, -0.15) is 0 Å². The minimum atomic E-state index is 0.163. The van der Waals surface area contributed by atoms with Gasteiger partial charge in [-0.15, -0.1) is 0 Å². The zero-order chi connectivity index (χ0) is 8.20. The molecule has 0 saturated heterocycles. The van der Waals surface area contributed by atoms with Crippen LogP contribution in [-0.4, -0.2) is 17.1 Å². The van der Waals surface area contributed by atoms with E-state index in [1.807, 2.05) is 5.01 Å². The highest BCUT2D eigenvalue weighted by molar-refractivity contribution is 4.74. The predicted octanol–water partition coefficient (Wildman–Crippen LogP) is 1.76. The molecule has 0 fully saturated rings. The normalized spacial score (nSPS) is 12.6. The molecule has 0 amide bonds. The first-order valence-corrected chi connectivity index (χ1v) is 4.07. The molecule has 0 atom stereocenters. The first-order chi connectivity index (χ1) is 4.54. The molecule has 0 unspecified atom stereocenters. The van der Waals surface area contributed by atoms with Crippen molar-refractivity contribution in [3.8, 4) is 0 Å². The van der Waals surface area contributed by atoms with E-state index in [-0.39, 0.29) is 5.54 Å². The van der Waals surface area contributed by atoms with Crippen LogP contribution in [0.25, 0.3) is 0 Å². The van der Waals surface area contributed by atoms with Crippen molar-refractivity contribution < 1.29 is 0 Å². The van der Waals surface area contributed by atoms with E-state index in [1.165, 1.54) is 0 Å². The van der Waals surface area contributed by atoms with Gasteiger partial charge < -0.3 is 0 Å². The maximum absolute atomic E-state index is 5.81. The summed E-state index contributed by atoms with van der Waals surface area (Å²) in [5.74, 6) is 5.81. The van der Waals surface area contributed by atoms with Gasteiger partial charge in [0.25, 0.3) is 0 Å². The van der Waals surface area contributed by atoms with E-state index in [0.29, 0.717) is 0 Å². The Balaban J connectivity index is 3.78. The van der Waals surface area contributed by atoms with Gasteiger partial charge >= 0.3 is 0 Å². The molecule has 0 bridgehead atoms. The van der Waals surface area contributed by atoms with E-state index in [2.05, 4.69) is 27.7 Å². The highest BCUT2D eigenvalue weighted by atomic mass is 15.4. The predicted molar refractivity (Wildman–Crippen MR) is 45.6 cm³/mol. The highest BCUT2D eigenvalue weighted by Gasteiger charge is 2.20. The number of nitrogens with two attached hydrogens (primary N) is 1. The second-order valence-electron chi connectivity index (χ2n) is 3.36. The Morgan fingerprint density at radius 2 is 1.80 bits per heavy atom. The first kappa shape index (κ1) is 9.92. The molecule has 62 valence electrons. The van der Waals surface area contributed by atoms with Crippen molar-refractivity contribution in [3.05, 3.63) is 0 Å². The summed E-state index contributed by atoms with van der Waals surface area (Å²) >= 11 is 0. The summed E-state index contributed by atoms with van der Waals surface area (Å²) in [7, 11) is 0. The molecular weight excluding hydrogens is 124 g/mol. The Kier molecular flexibility index (Phi) is 3.91. The van der Waals surface area contributed by atoms with Crippen LogP contribution in [0, 0.1) is 0 Å². The van der Waals surface area contributed by atoms with Crippen LogP contribution >= 0.6 is 0 Å². The first-order valence-electron chi connectivity index (χ1n) is 4.07. The lowest BCUT2D eigenvalue weighted by Crippen LogP contribution is -2.48. The van der Waals surface area contributed by atoms with Crippen molar-refractivity contribution in [1.29, 1.82) is 0 Å². The van der Waals surface area contributed by atoms with Gasteiger partial charge in [0.1, 0.15) is 0 Å². The van der Waals surface area contributed by atoms with E-state index in [0.717, 1.165) is 19.4 Å². The Bertz CT molecular complexity index is 89.3. The topological polar surface area (TPSA) is 29.3 Å². The van der Waals surface area contributed by atoms with Crippen LogP contribution in [0.5, 0.6) is 0 Å². The maximum atomic E-state index is 5.81. The number of nitrogens with zero attached hydrogens (tertiary/aromatic N) is 1. The van der Waals surface area contributed by atoms with Crippen LogP contribution in [-0.2, 0) is 0 Å². The third kappa shape index (κ3) is 2.67. The number of rotatable bonds is 4. The van der Waals surface area contributed by atoms with Crippen LogP contribution in [0.3, 0.4) is 0 Å². The van der Waals surface area contributed by atoms with Crippen LogP contribution in [0.1, 0.15) is 40.5 Å². The fourth-order valence-corrected chi connectivity index (χ4v) is 0.747. The molecule has 0 heterocycles. The molecule has 0 spiro atoms. The fourth-order valence-electron chi connectivity index (χ4n) is 0.747. The Hall–Kier alpha value is -0.0800. The molecule has 0 radical (unpaired) electrons. The van der Waals surface area contributed by atoms with Crippen LogP contribution in [0.4, 0.5) is 0 Å². The summed E-state index contributed by atoms with van der Waals surface area (Å²) in [5, 5.41) is 1.92. The van der Waals surface area contributed by atoms with Crippen LogP contribution in [0.2, 0.25) is 0 Å². The Morgan fingerprint density at radius 1 is 1.30 bits per heavy atom. The molecule has 2 heteroatoms. The summed E-state index contributed by atoms with van der Waals surface area (Å²) in [6.45, 7) is 9.63. The van der Waals surface area contributed by atoms with E-state index in [4.69, 9.17) is 5.84 Å². The standard InChI is InChI=1S/C8H20N2/c1-5-7-10(9)8(3,4)6-2/h5-7,9H2,1-4H3. The van der Waals surface area contributed by atoms with E-state index in [9.17, 15) is 0 Å². The second kappa shape index (κ2) is 3.94. The molecule has 0 saturated carbocycles. The smallest absolute Gasteiger partial charge is 0.0293 e. The molecule has 0 aliphatic rings. The number of hydrogen-bond acceptors (Lipinski definition) is 2. The molecule has 0 aromatic carbocycles. The maximum Gasteiger partial charge on any atom is 0.0293 e. The van der Waals surface area contributed by atoms with Gasteiger partial charge in [-0.25, -0.2) is 5.01 Å². The molecule has 0 aliphatic carbocycles. The average molecular weight is 144 g/mol. The van der Waals surface area contributed by atoms with E-state index in [1.54, 1.807) is 0 Å². The van der Waals surface area contributed by atoms with Gasteiger partial charge in [-0.1, -0.05) is 13.8 Å². The lowest BCUT2D eigenvalue weighted by Gasteiger charge is -2.33. The highest BCUT2D eigenvalue weighted by Crippen LogP contribution is 2.13. The summed E-state index contributed by atoms with van der Waals surface area (Å²) in [4.78, 5) is 0. The molecule has 2 nitrogen and oxygen atoms in total. The molecule has 0 aromatic heterocycles. The molecule has 10 heavy (non-hydrogen) atoms. The lowest BCUT2D eigenvalue weighted by molar-refractivity contribution is 0.117. The van der Waals surface area contributed by atoms with Crippen molar-refractivity contribution in [2.75, 3.05) is 6.54 Å². The van der Waals surface area contributed by atoms with Crippen LogP contribution < -0.4 is 5.84 Å². The average Bonchev–Trinajstić information content (AvgIpc) is 1.89. The number of hydrazine groups is 1. The molecule has 0 aliphatic heterocycles. The zero-order valence-electron chi connectivity index (χ0n) is 7.65. The van der Waals surface area contributed by atoms with Gasteiger partial charge in [0.15, 0.2) is 0 Å². The Morgan fingerprint density at radius 3 is 2.10 bits per heavy atom. The SMILES string of the molecule is CCCN(N)C(C)(C)CC. The third-order valence-electron chi connectivity index (χ3n) is 2.11. The van der Waals surface area contributed by atoms with Crippen molar-refractivity contribution in [2.24, 2.45) is 5.84 Å². The molecular formula is C8H20N2. The minimum absolute atomic E-state index is 0.163. The quantitative estimate of drug-likeness (QED) is 0.481. The summed E-state index contributed by atoms with van der Waals surface area (Å²) < 4.78 is 0. The monoisotopic (exact) mass is 144 g/mol. The third-order valence-corrected chi connectivity index (χ3v) is 2.11. The minimum Gasteiger partial charge on any atom is -0.268 e. The van der Waals surface area contributed by atoms with Gasteiger partial charge in [0.2, 0.25) is 0 Å². The van der Waals surface area contributed by atoms with Crippen molar-refractivity contribution in [3.63, 3.8) is 0 Å². The number of hydrogen-bond donors (Lipinski definition) is 1. The van der Waals surface area contributed by atoms with Crippen molar-refractivity contribution in [1.82, 2.24) is 5.01 Å². The summed E-state index contributed by atoms with van der Waals surface area (Å²) in [6.07, 6.45) is 2.23. The van der Waals surface area contributed by atoms with Crippen molar-refractivity contribution in [2.45, 2.75) is 46.1 Å². The summed E-state index contributed by atoms with van der Waals surface area (Å²) in [6, 6.07) is 0. The zero-order valence-corrected chi connectivity index (χ0v) is 7.65. The summed E-state index contributed by atoms with van der Waals surface area (Å²) in [5.41, 5.74) is 0.163. The molecule has 2 N–H and O–H groups in total. The van der Waals surface area contributed by atoms with Gasteiger partial charge in [0, 0.05) is 12.1 Å². The van der Waals surface area contributed by atoms with Gasteiger partial charge in [0.05, 0.1) is 0 Å². The molecule has 0 rings (SSSR count).